The van der Waals surface area contributed by atoms with Gasteiger partial charge in [-0.2, -0.15) is 11.8 Å². The first-order chi connectivity index (χ1) is 16.9. The number of carboxylic acid groups (broad SMARTS) is 2. The minimum absolute atomic E-state index is 0.0949. The first-order valence-electron chi connectivity index (χ1n) is 10.9. The van der Waals surface area contributed by atoms with E-state index in [1.165, 1.54) is 11.8 Å². The molecule has 1 aromatic rings. The molecule has 0 aliphatic rings. The summed E-state index contributed by atoms with van der Waals surface area (Å²) in [5.74, 6) is -5.93. The highest BCUT2D eigenvalue weighted by molar-refractivity contribution is 7.98. The number of nitrogens with one attached hydrogen (secondary N) is 3. The van der Waals surface area contributed by atoms with Gasteiger partial charge >= 0.3 is 11.9 Å². The van der Waals surface area contributed by atoms with E-state index in [9.17, 15) is 33.9 Å². The largest absolute Gasteiger partial charge is 0.481 e. The fraction of sp³-hybridized carbons (Fsp3) is 0.455. The lowest BCUT2D eigenvalue weighted by Gasteiger charge is -2.24. The van der Waals surface area contributed by atoms with Crippen LogP contribution in [0, 0.1) is 0 Å². The zero-order chi connectivity index (χ0) is 27.3. The van der Waals surface area contributed by atoms with Gasteiger partial charge < -0.3 is 37.6 Å². The van der Waals surface area contributed by atoms with Crippen molar-refractivity contribution in [3.05, 3.63) is 35.9 Å². The maximum atomic E-state index is 13.0. The van der Waals surface area contributed by atoms with Crippen molar-refractivity contribution in [2.24, 2.45) is 11.5 Å². The van der Waals surface area contributed by atoms with Crippen molar-refractivity contribution in [3.63, 3.8) is 0 Å². The second-order valence-corrected chi connectivity index (χ2v) is 8.85. The Morgan fingerprint density at radius 2 is 1.42 bits per heavy atom. The number of carbonyl (C=O) groups excluding carboxylic acids is 4. The predicted molar refractivity (Wildman–Crippen MR) is 131 cm³/mol. The Labute approximate surface area is 211 Å². The number of carboxylic acids is 2. The molecule has 0 bridgehead atoms. The third kappa shape index (κ3) is 11.2. The third-order valence-corrected chi connectivity index (χ3v) is 5.56. The van der Waals surface area contributed by atoms with Crippen molar-refractivity contribution in [1.29, 1.82) is 0 Å². The van der Waals surface area contributed by atoms with Crippen LogP contribution in [0.1, 0.15) is 24.8 Å². The fourth-order valence-corrected chi connectivity index (χ4v) is 3.53. The fourth-order valence-electron chi connectivity index (χ4n) is 3.04. The highest BCUT2D eigenvalue weighted by atomic mass is 32.2. The van der Waals surface area contributed by atoms with Crippen LogP contribution in [0.2, 0.25) is 0 Å². The Bertz CT molecular complexity index is 946. The summed E-state index contributed by atoms with van der Waals surface area (Å²) in [5, 5.41) is 25.0. The van der Waals surface area contributed by atoms with Crippen LogP contribution in [0.4, 0.5) is 0 Å². The second kappa shape index (κ2) is 15.4. The van der Waals surface area contributed by atoms with Crippen molar-refractivity contribution >= 4 is 47.3 Å². The molecule has 14 heteroatoms. The molecule has 13 nitrogen and oxygen atoms in total. The van der Waals surface area contributed by atoms with Crippen LogP contribution >= 0.6 is 11.8 Å². The molecule has 0 saturated carbocycles. The number of amides is 4. The van der Waals surface area contributed by atoms with Crippen LogP contribution < -0.4 is 27.4 Å². The average molecular weight is 526 g/mol. The number of hydrogen-bond acceptors (Lipinski definition) is 8. The zero-order valence-electron chi connectivity index (χ0n) is 19.6. The molecule has 0 fully saturated rings. The van der Waals surface area contributed by atoms with Gasteiger partial charge in [-0.25, -0.2) is 4.79 Å². The molecule has 0 aromatic heterocycles. The van der Waals surface area contributed by atoms with E-state index in [2.05, 4.69) is 16.0 Å². The molecule has 0 aliphatic carbocycles. The second-order valence-electron chi connectivity index (χ2n) is 7.87. The number of primary amides is 1. The van der Waals surface area contributed by atoms with Gasteiger partial charge in [-0.1, -0.05) is 30.3 Å². The highest BCUT2D eigenvalue weighted by Crippen LogP contribution is 2.07. The van der Waals surface area contributed by atoms with E-state index in [1.807, 2.05) is 6.26 Å². The van der Waals surface area contributed by atoms with E-state index in [0.29, 0.717) is 17.7 Å². The number of rotatable bonds is 16. The highest BCUT2D eigenvalue weighted by Gasteiger charge is 2.32. The minimum atomic E-state index is -1.75. The molecule has 0 saturated heterocycles. The zero-order valence-corrected chi connectivity index (χ0v) is 20.5. The minimum Gasteiger partial charge on any atom is -0.481 e. The maximum Gasteiger partial charge on any atom is 0.326 e. The molecule has 4 atom stereocenters. The lowest BCUT2D eigenvalue weighted by atomic mass is 10.0. The molecule has 4 amide bonds. The number of hydrogen-bond donors (Lipinski definition) is 7. The van der Waals surface area contributed by atoms with Gasteiger partial charge in [-0.15, -0.1) is 0 Å². The van der Waals surface area contributed by atoms with Gasteiger partial charge in [0, 0.05) is 6.42 Å². The summed E-state index contributed by atoms with van der Waals surface area (Å²) in [6.45, 7) is 0. The van der Waals surface area contributed by atoms with Crippen LogP contribution in [-0.4, -0.2) is 82.0 Å². The molecule has 1 rings (SSSR count). The smallest absolute Gasteiger partial charge is 0.326 e. The lowest BCUT2D eigenvalue weighted by Crippen LogP contribution is -2.58. The van der Waals surface area contributed by atoms with E-state index in [-0.39, 0.29) is 6.42 Å². The summed E-state index contributed by atoms with van der Waals surface area (Å²) in [5.41, 5.74) is 11.6. The summed E-state index contributed by atoms with van der Waals surface area (Å²) >= 11 is 1.47. The summed E-state index contributed by atoms with van der Waals surface area (Å²) < 4.78 is 0. The summed E-state index contributed by atoms with van der Waals surface area (Å²) in [6, 6.07) is 2.90. The topological polar surface area (TPSA) is 231 Å². The Hall–Kier alpha value is -3.65. The number of benzene rings is 1. The number of nitrogens with two attached hydrogens (primary N) is 2. The van der Waals surface area contributed by atoms with Gasteiger partial charge in [0.05, 0.1) is 18.9 Å². The summed E-state index contributed by atoms with van der Waals surface area (Å²) in [4.78, 5) is 72.2. The number of aliphatic carboxylic acids is 2. The van der Waals surface area contributed by atoms with Gasteiger partial charge in [0.15, 0.2) is 0 Å². The SMILES string of the molecule is CSCCC(N)C(=O)NC(CC(N)=O)C(=O)NC(Cc1ccccc1)C(=O)NC(CC(=O)O)C(=O)O. The average Bonchev–Trinajstić information content (AvgIpc) is 2.80. The molecule has 36 heavy (non-hydrogen) atoms. The van der Waals surface area contributed by atoms with E-state index in [4.69, 9.17) is 16.6 Å². The van der Waals surface area contributed by atoms with Gasteiger partial charge in [0.1, 0.15) is 18.1 Å². The maximum absolute atomic E-state index is 13.0. The van der Waals surface area contributed by atoms with Gasteiger partial charge in [0.25, 0.3) is 0 Å². The first-order valence-corrected chi connectivity index (χ1v) is 12.3. The van der Waals surface area contributed by atoms with Crippen LogP contribution in [-0.2, 0) is 35.2 Å². The van der Waals surface area contributed by atoms with Crippen LogP contribution in [0.15, 0.2) is 30.3 Å². The van der Waals surface area contributed by atoms with Crippen molar-refractivity contribution in [1.82, 2.24) is 16.0 Å². The normalized spacial score (nSPS) is 13.9. The van der Waals surface area contributed by atoms with Crippen molar-refractivity contribution < 1.29 is 39.0 Å². The Morgan fingerprint density at radius 3 is 1.94 bits per heavy atom. The van der Waals surface area contributed by atoms with E-state index in [0.717, 1.165) is 0 Å². The van der Waals surface area contributed by atoms with E-state index < -0.39 is 72.6 Å². The molecular weight excluding hydrogens is 494 g/mol. The van der Waals surface area contributed by atoms with Gasteiger partial charge in [-0.05, 0) is 24.0 Å². The third-order valence-electron chi connectivity index (χ3n) is 4.92. The van der Waals surface area contributed by atoms with Crippen LogP contribution in [0.5, 0.6) is 0 Å². The van der Waals surface area contributed by atoms with Crippen molar-refractivity contribution in [2.45, 2.75) is 49.9 Å². The van der Waals surface area contributed by atoms with Crippen LogP contribution in [0.3, 0.4) is 0 Å². The quantitative estimate of drug-likeness (QED) is 0.128. The first kappa shape index (κ1) is 30.4. The van der Waals surface area contributed by atoms with Gasteiger partial charge in [0.2, 0.25) is 23.6 Å². The molecule has 0 heterocycles. The van der Waals surface area contributed by atoms with Crippen molar-refractivity contribution in [3.8, 4) is 0 Å². The predicted octanol–water partition coefficient (Wildman–Crippen LogP) is -1.80. The molecular formula is C22H31N5O8S. The molecule has 0 radical (unpaired) electrons. The van der Waals surface area contributed by atoms with E-state index in [1.54, 1.807) is 30.3 Å². The van der Waals surface area contributed by atoms with Gasteiger partial charge in [-0.3, -0.25) is 24.0 Å². The molecule has 0 spiro atoms. The molecule has 9 N–H and O–H groups in total. The summed E-state index contributed by atoms with van der Waals surface area (Å²) in [7, 11) is 0. The number of carbonyl (C=O) groups is 6. The molecule has 4 unspecified atom stereocenters. The van der Waals surface area contributed by atoms with E-state index >= 15 is 0 Å². The monoisotopic (exact) mass is 525 g/mol. The Morgan fingerprint density at radius 1 is 0.861 bits per heavy atom. The molecule has 198 valence electrons. The molecule has 0 aliphatic heterocycles. The summed E-state index contributed by atoms with van der Waals surface area (Å²) in [6.07, 6.45) is 0.585. The van der Waals surface area contributed by atoms with Crippen LogP contribution in [0.25, 0.3) is 0 Å². The molecule has 1 aromatic carbocycles. The van der Waals surface area contributed by atoms with Crippen molar-refractivity contribution in [2.75, 3.05) is 12.0 Å². The lowest BCUT2D eigenvalue weighted by molar-refractivity contribution is -0.147. The Kier molecular flexibility index (Phi) is 13.0. The number of thioether (sulfide) groups is 1. The standard InChI is InChI=1S/C22H31N5O8S/c1-36-8-7-13(23)19(31)25-15(10-17(24)28)21(33)26-14(9-12-5-3-2-4-6-12)20(32)27-16(22(34)35)11-18(29)30/h2-6,13-16H,7-11,23H2,1H3,(H2,24,28)(H,25,31)(H,26,33)(H,27,32)(H,29,30)(H,34,35). The Balaban J connectivity index is 3.11.